The second-order valence-corrected chi connectivity index (χ2v) is 5.63. The lowest BCUT2D eigenvalue weighted by Gasteiger charge is -2.11. The van der Waals surface area contributed by atoms with E-state index in [2.05, 4.69) is 9.98 Å². The summed E-state index contributed by atoms with van der Waals surface area (Å²) in [6.07, 6.45) is 0. The third-order valence-corrected chi connectivity index (χ3v) is 3.68. The van der Waals surface area contributed by atoms with Crippen LogP contribution >= 0.6 is 0 Å². The topological polar surface area (TPSA) is 94.4 Å². The van der Waals surface area contributed by atoms with Crippen LogP contribution in [0.3, 0.4) is 0 Å². The number of aryl methyl sites for hydroxylation is 1. The molecule has 5 nitrogen and oxygen atoms in total. The lowest BCUT2D eigenvalue weighted by molar-refractivity contribution is 0.100. The third-order valence-electron chi connectivity index (χ3n) is 3.68. The van der Waals surface area contributed by atoms with E-state index in [0.29, 0.717) is 28.6 Å². The van der Waals surface area contributed by atoms with Crippen LogP contribution in [0.1, 0.15) is 16.1 Å². The molecule has 1 amide bonds. The first-order valence-electron chi connectivity index (χ1n) is 7.46. The summed E-state index contributed by atoms with van der Waals surface area (Å²) in [4.78, 5) is 19.6. The van der Waals surface area contributed by atoms with Gasteiger partial charge in [0.05, 0.1) is 11.3 Å². The first kappa shape index (κ1) is 17.4. The van der Waals surface area contributed by atoms with Gasteiger partial charge in [0.1, 0.15) is 17.5 Å². The van der Waals surface area contributed by atoms with Gasteiger partial charge < -0.3 is 11.5 Å². The number of hydrogen-bond acceptors (Lipinski definition) is 2. The molecule has 0 atom stereocenters. The van der Waals surface area contributed by atoms with E-state index in [0.717, 1.165) is 0 Å². The molecule has 0 aliphatic carbocycles. The molecule has 0 fully saturated rings. The standard InChI is InChI=1S/C18H13F3N4O/c1-8-4-9-2-3-10(17(26)25-18(22)23)5-12(9)16(24-8)15-13(20)6-11(19)7-14(15)21/h2-7H,1H3,(H4,22,23,25,26). The Kier molecular flexibility index (Phi) is 4.33. The van der Waals surface area contributed by atoms with Crippen molar-refractivity contribution in [3.05, 3.63) is 65.1 Å². The Balaban J connectivity index is 2.32. The van der Waals surface area contributed by atoms with Crippen LogP contribution in [0.5, 0.6) is 0 Å². The van der Waals surface area contributed by atoms with Gasteiger partial charge in [-0.15, -0.1) is 0 Å². The van der Waals surface area contributed by atoms with Gasteiger partial charge in [-0.1, -0.05) is 6.07 Å². The van der Waals surface area contributed by atoms with E-state index < -0.39 is 34.9 Å². The Labute approximate surface area is 146 Å². The van der Waals surface area contributed by atoms with Gasteiger partial charge >= 0.3 is 0 Å². The van der Waals surface area contributed by atoms with E-state index in [1.165, 1.54) is 12.1 Å². The van der Waals surface area contributed by atoms with Crippen LogP contribution in [-0.4, -0.2) is 16.9 Å². The molecule has 3 aromatic rings. The molecular weight excluding hydrogens is 345 g/mol. The molecule has 0 saturated carbocycles. The molecule has 0 unspecified atom stereocenters. The normalized spacial score (nSPS) is 10.8. The zero-order valence-corrected chi connectivity index (χ0v) is 13.6. The van der Waals surface area contributed by atoms with Gasteiger partial charge in [0.2, 0.25) is 0 Å². The number of amides is 1. The number of fused-ring (bicyclic) bond motifs is 1. The maximum Gasteiger partial charge on any atom is 0.280 e. The molecule has 4 N–H and O–H groups in total. The maximum atomic E-state index is 14.2. The Morgan fingerprint density at radius 1 is 1.04 bits per heavy atom. The number of nitrogens with two attached hydrogens (primary N) is 2. The molecule has 26 heavy (non-hydrogen) atoms. The summed E-state index contributed by atoms with van der Waals surface area (Å²) in [5.41, 5.74) is 10.5. The molecule has 2 aromatic carbocycles. The van der Waals surface area contributed by atoms with E-state index in [1.54, 1.807) is 19.1 Å². The quantitative estimate of drug-likeness (QED) is 0.544. The van der Waals surface area contributed by atoms with Crippen LogP contribution in [0.2, 0.25) is 0 Å². The van der Waals surface area contributed by atoms with Gasteiger partial charge in [-0.05, 0) is 30.5 Å². The van der Waals surface area contributed by atoms with Crippen molar-refractivity contribution >= 4 is 22.6 Å². The summed E-state index contributed by atoms with van der Waals surface area (Å²) < 4.78 is 41.7. The Hall–Kier alpha value is -3.42. The van der Waals surface area contributed by atoms with E-state index in [4.69, 9.17) is 11.5 Å². The molecule has 8 heteroatoms. The lowest BCUT2D eigenvalue weighted by Crippen LogP contribution is -2.24. The predicted molar refractivity (Wildman–Crippen MR) is 91.9 cm³/mol. The Morgan fingerprint density at radius 2 is 1.69 bits per heavy atom. The highest BCUT2D eigenvalue weighted by molar-refractivity contribution is 6.06. The highest BCUT2D eigenvalue weighted by Gasteiger charge is 2.19. The summed E-state index contributed by atoms with van der Waals surface area (Å²) in [6, 6.07) is 7.28. The number of aromatic nitrogens is 1. The molecular formula is C18H13F3N4O. The third kappa shape index (κ3) is 3.21. The average Bonchev–Trinajstić information content (AvgIpc) is 2.52. The van der Waals surface area contributed by atoms with E-state index >= 15 is 0 Å². The van der Waals surface area contributed by atoms with Gasteiger partial charge in [0.25, 0.3) is 5.91 Å². The van der Waals surface area contributed by atoms with Crippen LogP contribution in [0, 0.1) is 24.4 Å². The molecule has 1 aromatic heterocycles. The number of guanidine groups is 1. The molecule has 0 spiro atoms. The molecule has 0 aliphatic heterocycles. The smallest absolute Gasteiger partial charge is 0.280 e. The van der Waals surface area contributed by atoms with E-state index in [-0.39, 0.29) is 11.3 Å². The summed E-state index contributed by atoms with van der Waals surface area (Å²) >= 11 is 0. The lowest BCUT2D eigenvalue weighted by atomic mass is 10.00. The zero-order chi connectivity index (χ0) is 19.0. The second kappa shape index (κ2) is 6.47. The summed E-state index contributed by atoms with van der Waals surface area (Å²) in [6.45, 7) is 1.65. The fourth-order valence-electron chi connectivity index (χ4n) is 2.65. The van der Waals surface area contributed by atoms with Crippen molar-refractivity contribution in [1.29, 1.82) is 0 Å². The van der Waals surface area contributed by atoms with Crippen molar-refractivity contribution in [2.75, 3.05) is 0 Å². The number of pyridine rings is 1. The number of rotatable bonds is 2. The largest absolute Gasteiger partial charge is 0.370 e. The predicted octanol–water partition coefficient (Wildman–Crippen LogP) is 3.04. The highest BCUT2D eigenvalue weighted by atomic mass is 19.1. The molecule has 0 bridgehead atoms. The minimum atomic E-state index is -1.09. The fourth-order valence-corrected chi connectivity index (χ4v) is 2.65. The maximum absolute atomic E-state index is 14.2. The van der Waals surface area contributed by atoms with E-state index in [1.807, 2.05) is 0 Å². The zero-order valence-electron chi connectivity index (χ0n) is 13.6. The fraction of sp³-hybridized carbons (Fsp3) is 0.0556. The summed E-state index contributed by atoms with van der Waals surface area (Å²) in [7, 11) is 0. The average molecular weight is 358 g/mol. The first-order chi connectivity index (χ1) is 12.3. The van der Waals surface area contributed by atoms with Gasteiger partial charge in [0, 0.05) is 28.8 Å². The van der Waals surface area contributed by atoms with Crippen LogP contribution < -0.4 is 11.5 Å². The van der Waals surface area contributed by atoms with Gasteiger partial charge in [-0.2, -0.15) is 4.99 Å². The van der Waals surface area contributed by atoms with Crippen molar-refractivity contribution in [2.24, 2.45) is 16.5 Å². The minimum Gasteiger partial charge on any atom is -0.370 e. The van der Waals surface area contributed by atoms with Gasteiger partial charge in [-0.3, -0.25) is 9.78 Å². The number of halogens is 3. The monoisotopic (exact) mass is 358 g/mol. The first-order valence-corrected chi connectivity index (χ1v) is 7.46. The molecule has 0 radical (unpaired) electrons. The van der Waals surface area contributed by atoms with Crippen LogP contribution in [0.25, 0.3) is 22.0 Å². The van der Waals surface area contributed by atoms with Crippen LogP contribution in [-0.2, 0) is 0 Å². The number of aliphatic imine (C=N–C) groups is 1. The molecule has 1 heterocycles. The number of benzene rings is 2. The van der Waals surface area contributed by atoms with Crippen molar-refractivity contribution in [1.82, 2.24) is 4.98 Å². The molecule has 3 rings (SSSR count). The van der Waals surface area contributed by atoms with Gasteiger partial charge in [0.15, 0.2) is 5.96 Å². The number of carbonyl (C=O) groups excluding carboxylic acids is 1. The molecule has 0 saturated heterocycles. The van der Waals surface area contributed by atoms with Gasteiger partial charge in [-0.25, -0.2) is 13.2 Å². The van der Waals surface area contributed by atoms with Crippen molar-refractivity contribution in [3.8, 4) is 11.3 Å². The molecule has 0 aliphatic rings. The van der Waals surface area contributed by atoms with Crippen LogP contribution in [0.15, 0.2) is 41.4 Å². The number of carbonyl (C=O) groups is 1. The number of hydrogen-bond donors (Lipinski definition) is 2. The van der Waals surface area contributed by atoms with Crippen molar-refractivity contribution in [3.63, 3.8) is 0 Å². The summed E-state index contributed by atoms with van der Waals surface area (Å²) in [5.74, 6) is -4.35. The summed E-state index contributed by atoms with van der Waals surface area (Å²) in [5, 5.41) is 0.897. The van der Waals surface area contributed by atoms with Crippen LogP contribution in [0.4, 0.5) is 13.2 Å². The van der Waals surface area contributed by atoms with E-state index in [9.17, 15) is 18.0 Å². The Morgan fingerprint density at radius 3 is 2.31 bits per heavy atom. The second-order valence-electron chi connectivity index (χ2n) is 5.63. The van der Waals surface area contributed by atoms with Crippen molar-refractivity contribution in [2.45, 2.75) is 6.92 Å². The minimum absolute atomic E-state index is 0.0469. The SMILES string of the molecule is Cc1cc2ccc(C(=O)N=C(N)N)cc2c(-c2c(F)cc(F)cc2F)n1. The highest BCUT2D eigenvalue weighted by Crippen LogP contribution is 2.32. The number of nitrogens with zero attached hydrogens (tertiary/aromatic N) is 2. The van der Waals surface area contributed by atoms with Crippen molar-refractivity contribution < 1.29 is 18.0 Å². The molecule has 132 valence electrons. The Bertz CT molecular complexity index is 1050.